The van der Waals surface area contributed by atoms with Crippen LogP contribution in [-0.2, 0) is 16.1 Å². The fraction of sp³-hybridized carbons (Fsp3) is 0.194. The number of ether oxygens (including phenoxy) is 4. The Bertz CT molecular complexity index is 2180. The minimum atomic E-state index is -0.795. The second-order valence-corrected chi connectivity index (χ2v) is 12.8. The van der Waals surface area contributed by atoms with Crippen molar-refractivity contribution < 1.29 is 23.7 Å². The normalized spacial score (nSPS) is 14.3. The van der Waals surface area contributed by atoms with Crippen molar-refractivity contribution in [3.8, 4) is 17.2 Å². The van der Waals surface area contributed by atoms with Crippen molar-refractivity contribution in [3.05, 3.63) is 130 Å². The Morgan fingerprint density at radius 2 is 1.77 bits per heavy atom. The number of aromatic nitrogens is 1. The smallest absolute Gasteiger partial charge is 0.337 e. The standard InChI is InChI=1S/C36H30BrClN2O6S/c1-4-44-29-14-13-23(18-30(29)45-5-2)32-26(35(42)43-3)19-39-36-40(32)34(41)31(47-36)17-21-15-27(37)33(28(38)16-21)46-20-24-11-8-10-22-9-6-7-12-25(22)24/h6-19,32H,4-5,20H2,1-3H3/b31-17-/t32-/m0/s1. The highest BCUT2D eigenvalue weighted by Crippen LogP contribution is 2.37. The SMILES string of the molecule is CCOc1ccc([C@H]2C(C(=O)OC)=CN=c3s/c(=C\c4cc(Cl)c(OCc5cccc6ccccc56)c(Br)c4)c(=O)n32)cc1OCC. The largest absolute Gasteiger partial charge is 0.490 e. The lowest BCUT2D eigenvalue weighted by atomic mass is 9.97. The Morgan fingerprint density at radius 3 is 2.53 bits per heavy atom. The Labute approximate surface area is 288 Å². The molecule has 0 radical (unpaired) electrons. The summed E-state index contributed by atoms with van der Waals surface area (Å²) in [5, 5.41) is 2.64. The van der Waals surface area contributed by atoms with Gasteiger partial charge in [0.05, 0.1) is 46.0 Å². The van der Waals surface area contributed by atoms with Crippen LogP contribution in [0.3, 0.4) is 0 Å². The summed E-state index contributed by atoms with van der Waals surface area (Å²) in [4.78, 5) is 31.8. The minimum absolute atomic E-state index is 0.219. The second kappa shape index (κ2) is 14.2. The van der Waals surface area contributed by atoms with Crippen molar-refractivity contribution in [1.82, 2.24) is 4.57 Å². The lowest BCUT2D eigenvalue weighted by Crippen LogP contribution is -2.39. The van der Waals surface area contributed by atoms with Crippen LogP contribution < -0.4 is 29.1 Å². The molecule has 0 saturated heterocycles. The first kappa shape index (κ1) is 32.6. The lowest BCUT2D eigenvalue weighted by Gasteiger charge is -2.23. The molecule has 0 fully saturated rings. The summed E-state index contributed by atoms with van der Waals surface area (Å²) in [5.74, 6) is 0.995. The van der Waals surface area contributed by atoms with Gasteiger partial charge in [0.25, 0.3) is 5.56 Å². The average molecular weight is 734 g/mol. The van der Waals surface area contributed by atoms with E-state index in [1.54, 1.807) is 24.3 Å². The molecule has 1 aliphatic rings. The van der Waals surface area contributed by atoms with Gasteiger partial charge in [0.2, 0.25) is 0 Å². The number of thiazole rings is 1. The zero-order valence-corrected chi connectivity index (χ0v) is 28.9. The summed E-state index contributed by atoms with van der Waals surface area (Å²) < 4.78 is 25.4. The summed E-state index contributed by atoms with van der Waals surface area (Å²) in [6.45, 7) is 4.96. The number of benzene rings is 4. The average Bonchev–Trinajstić information content (AvgIpc) is 3.39. The van der Waals surface area contributed by atoms with Crippen LogP contribution in [0, 0.1) is 0 Å². The number of carbonyl (C=O) groups excluding carboxylic acids is 1. The van der Waals surface area contributed by atoms with Gasteiger partial charge in [-0.05, 0) is 87.6 Å². The molecule has 0 spiro atoms. The third-order valence-electron chi connectivity index (χ3n) is 7.58. The van der Waals surface area contributed by atoms with Crippen LogP contribution in [0.2, 0.25) is 5.02 Å². The zero-order chi connectivity index (χ0) is 33.1. The number of hydrogen-bond acceptors (Lipinski definition) is 8. The number of carbonyl (C=O) groups is 1. The lowest BCUT2D eigenvalue weighted by molar-refractivity contribution is -0.136. The van der Waals surface area contributed by atoms with E-state index in [1.165, 1.54) is 29.2 Å². The number of halogens is 2. The van der Waals surface area contributed by atoms with E-state index in [0.717, 1.165) is 16.3 Å². The molecule has 1 atom stereocenters. The molecule has 5 aromatic rings. The molecule has 8 nitrogen and oxygen atoms in total. The van der Waals surface area contributed by atoms with Crippen LogP contribution in [0.4, 0.5) is 0 Å². The molecular formula is C36H30BrClN2O6S. The summed E-state index contributed by atoms with van der Waals surface area (Å²) in [7, 11) is 1.30. The molecule has 1 aliphatic heterocycles. The predicted octanol–water partition coefficient (Wildman–Crippen LogP) is 6.96. The highest BCUT2D eigenvalue weighted by molar-refractivity contribution is 9.10. The van der Waals surface area contributed by atoms with Gasteiger partial charge in [-0.2, -0.15) is 0 Å². The highest BCUT2D eigenvalue weighted by Gasteiger charge is 2.31. The summed E-state index contributed by atoms with van der Waals surface area (Å²) in [5.41, 5.74) is 2.28. The predicted molar refractivity (Wildman–Crippen MR) is 187 cm³/mol. The molecule has 47 heavy (non-hydrogen) atoms. The van der Waals surface area contributed by atoms with Crippen LogP contribution in [0.1, 0.15) is 36.6 Å². The first-order valence-corrected chi connectivity index (χ1v) is 16.9. The maximum Gasteiger partial charge on any atom is 0.337 e. The molecule has 4 aromatic carbocycles. The molecule has 240 valence electrons. The summed E-state index contributed by atoms with van der Waals surface area (Å²) in [6.07, 6.45) is 3.20. The van der Waals surface area contributed by atoms with Crippen LogP contribution in [-0.4, -0.2) is 30.9 Å². The number of fused-ring (bicyclic) bond motifs is 2. The molecular weight excluding hydrogens is 704 g/mol. The molecule has 0 aliphatic carbocycles. The monoisotopic (exact) mass is 732 g/mol. The van der Waals surface area contributed by atoms with Crippen LogP contribution in [0.25, 0.3) is 16.8 Å². The molecule has 11 heteroatoms. The molecule has 6 rings (SSSR count). The fourth-order valence-electron chi connectivity index (χ4n) is 5.51. The second-order valence-electron chi connectivity index (χ2n) is 10.5. The van der Waals surface area contributed by atoms with E-state index in [9.17, 15) is 9.59 Å². The van der Waals surface area contributed by atoms with E-state index >= 15 is 0 Å². The van der Waals surface area contributed by atoms with Gasteiger partial charge in [-0.25, -0.2) is 9.79 Å². The van der Waals surface area contributed by atoms with Crippen LogP contribution in [0.5, 0.6) is 17.2 Å². The number of nitrogens with zero attached hydrogens (tertiary/aromatic N) is 2. The molecule has 0 unspecified atom stereocenters. The Kier molecular flexibility index (Phi) is 9.81. The summed E-state index contributed by atoms with van der Waals surface area (Å²) >= 11 is 11.5. The van der Waals surface area contributed by atoms with Gasteiger partial charge in [-0.3, -0.25) is 9.36 Å². The van der Waals surface area contributed by atoms with Crippen molar-refractivity contribution in [2.75, 3.05) is 20.3 Å². The molecule has 2 heterocycles. The van der Waals surface area contributed by atoms with Gasteiger partial charge in [0.1, 0.15) is 6.61 Å². The highest BCUT2D eigenvalue weighted by atomic mass is 79.9. The number of methoxy groups -OCH3 is 1. The van der Waals surface area contributed by atoms with E-state index < -0.39 is 12.0 Å². The van der Waals surface area contributed by atoms with Crippen molar-refractivity contribution in [3.63, 3.8) is 0 Å². The van der Waals surface area contributed by atoms with E-state index in [1.807, 2.05) is 50.2 Å². The topological polar surface area (TPSA) is 88.4 Å². The van der Waals surface area contributed by atoms with Crippen molar-refractivity contribution in [1.29, 1.82) is 0 Å². The maximum atomic E-state index is 14.0. The molecule has 0 bridgehead atoms. The number of rotatable bonds is 10. The van der Waals surface area contributed by atoms with Crippen molar-refractivity contribution >= 4 is 61.7 Å². The molecule has 0 N–H and O–H groups in total. The first-order chi connectivity index (χ1) is 22.8. The van der Waals surface area contributed by atoms with E-state index in [2.05, 4.69) is 39.1 Å². The van der Waals surface area contributed by atoms with E-state index in [4.69, 9.17) is 30.5 Å². The zero-order valence-electron chi connectivity index (χ0n) is 25.8. The molecule has 0 amide bonds. The Hall–Kier alpha value is -4.38. The Morgan fingerprint density at radius 1 is 1.00 bits per heavy atom. The van der Waals surface area contributed by atoms with Gasteiger partial charge in [-0.1, -0.05) is 71.5 Å². The maximum absolute atomic E-state index is 14.0. The minimum Gasteiger partial charge on any atom is -0.490 e. The quantitative estimate of drug-likeness (QED) is 0.144. The van der Waals surface area contributed by atoms with Gasteiger partial charge in [0, 0.05) is 6.20 Å². The molecule has 1 aromatic heterocycles. The van der Waals surface area contributed by atoms with Gasteiger partial charge in [0.15, 0.2) is 22.0 Å². The number of esters is 1. The van der Waals surface area contributed by atoms with E-state index in [0.29, 0.717) is 67.0 Å². The van der Waals surface area contributed by atoms with Crippen LogP contribution >= 0.6 is 38.9 Å². The van der Waals surface area contributed by atoms with Crippen molar-refractivity contribution in [2.24, 2.45) is 4.99 Å². The first-order valence-electron chi connectivity index (χ1n) is 14.9. The van der Waals surface area contributed by atoms with Crippen LogP contribution in [0.15, 0.2) is 98.8 Å². The molecule has 0 saturated carbocycles. The van der Waals surface area contributed by atoms with E-state index in [-0.39, 0.29) is 11.1 Å². The van der Waals surface area contributed by atoms with Crippen molar-refractivity contribution in [2.45, 2.75) is 26.5 Å². The van der Waals surface area contributed by atoms with Gasteiger partial charge in [-0.15, -0.1) is 0 Å². The van der Waals surface area contributed by atoms with Gasteiger partial charge >= 0.3 is 5.97 Å². The third kappa shape index (κ3) is 6.58. The summed E-state index contributed by atoms with van der Waals surface area (Å²) in [6, 6.07) is 22.4. The number of hydrogen-bond donors (Lipinski definition) is 0. The third-order valence-corrected chi connectivity index (χ3v) is 9.45. The fourth-order valence-corrected chi connectivity index (χ4v) is 7.47. The Balaban J connectivity index is 1.36. The van der Waals surface area contributed by atoms with Gasteiger partial charge < -0.3 is 18.9 Å².